The molecule has 0 spiro atoms. The number of hydrogen-bond acceptors (Lipinski definition) is 6. The smallest absolute Gasteiger partial charge is 0.305 e. The second kappa shape index (κ2) is 12.5. The summed E-state index contributed by atoms with van der Waals surface area (Å²) in [6.07, 6.45) is 3.89. The van der Waals surface area contributed by atoms with Gasteiger partial charge in [0, 0.05) is 19.5 Å². The molecule has 0 aromatic heterocycles. The number of nitrogens with two attached hydrogens (primary N) is 1. The number of carbonyl (C=O) groups excluding carboxylic acids is 3. The molecular formula is C19H34N4O5. The number of nitrogens with zero attached hydrogens (tertiary/aromatic N) is 2. The van der Waals surface area contributed by atoms with Crippen LogP contribution in [-0.2, 0) is 19.2 Å². The van der Waals surface area contributed by atoms with Gasteiger partial charge in [-0.2, -0.15) is 0 Å². The van der Waals surface area contributed by atoms with E-state index in [1.807, 2.05) is 0 Å². The zero-order valence-electron chi connectivity index (χ0n) is 17.0. The van der Waals surface area contributed by atoms with Crippen molar-refractivity contribution in [1.29, 1.82) is 0 Å². The number of amides is 3. The number of nitrogens with one attached hydrogen (secondary N) is 1. The lowest BCUT2D eigenvalue weighted by Gasteiger charge is -2.27. The minimum absolute atomic E-state index is 0.0758. The second-order valence-electron chi connectivity index (χ2n) is 7.17. The number of carbonyl (C=O) groups is 4. The van der Waals surface area contributed by atoms with E-state index in [0.29, 0.717) is 18.9 Å². The molecule has 0 radical (unpaired) electrons. The fourth-order valence-corrected chi connectivity index (χ4v) is 3.43. The Morgan fingerprint density at radius 2 is 1.75 bits per heavy atom. The first-order chi connectivity index (χ1) is 13.3. The molecule has 9 heteroatoms. The third-order valence-electron chi connectivity index (χ3n) is 5.12. The lowest BCUT2D eigenvalue weighted by Crippen LogP contribution is -2.51. The molecule has 1 aliphatic heterocycles. The fourth-order valence-electron chi connectivity index (χ4n) is 3.43. The zero-order chi connectivity index (χ0) is 21.1. The summed E-state index contributed by atoms with van der Waals surface area (Å²) < 4.78 is 0. The molecule has 0 aromatic rings. The maximum absolute atomic E-state index is 12.5. The molecule has 1 unspecified atom stereocenters. The molecule has 3 amide bonds. The van der Waals surface area contributed by atoms with E-state index in [9.17, 15) is 19.2 Å². The largest absolute Gasteiger partial charge is 0.481 e. The molecule has 1 atom stereocenters. The average molecular weight is 399 g/mol. The van der Waals surface area contributed by atoms with E-state index in [1.165, 1.54) is 4.90 Å². The van der Waals surface area contributed by atoms with Gasteiger partial charge in [0.15, 0.2) is 0 Å². The number of likely N-dealkylation sites (N-methyl/N-ethyl adjacent to an activating group) is 2. The summed E-state index contributed by atoms with van der Waals surface area (Å²) in [5, 5.41) is 12.1. The van der Waals surface area contributed by atoms with Crippen LogP contribution < -0.4 is 11.1 Å². The monoisotopic (exact) mass is 398 g/mol. The molecule has 1 fully saturated rings. The van der Waals surface area contributed by atoms with Crippen molar-refractivity contribution < 1.29 is 24.3 Å². The predicted molar refractivity (Wildman–Crippen MR) is 104 cm³/mol. The Bertz CT molecular complexity index is 548. The Hall–Kier alpha value is -2.00. The molecule has 160 valence electrons. The van der Waals surface area contributed by atoms with Crippen LogP contribution in [0.3, 0.4) is 0 Å². The van der Waals surface area contributed by atoms with E-state index in [1.54, 1.807) is 13.8 Å². The van der Waals surface area contributed by atoms with Crippen LogP contribution in [0.2, 0.25) is 0 Å². The maximum Gasteiger partial charge on any atom is 0.305 e. The van der Waals surface area contributed by atoms with Crippen LogP contribution in [0.5, 0.6) is 0 Å². The Morgan fingerprint density at radius 3 is 2.29 bits per heavy atom. The van der Waals surface area contributed by atoms with Crippen LogP contribution in [0.15, 0.2) is 0 Å². The first kappa shape index (κ1) is 24.0. The Labute approximate surface area is 166 Å². The van der Waals surface area contributed by atoms with Crippen molar-refractivity contribution >= 4 is 23.7 Å². The normalized spacial score (nSPS) is 15.7. The highest BCUT2D eigenvalue weighted by Gasteiger charge is 2.28. The van der Waals surface area contributed by atoms with Crippen molar-refractivity contribution in [3.8, 4) is 0 Å². The molecule has 0 saturated carbocycles. The summed E-state index contributed by atoms with van der Waals surface area (Å²) in [5.74, 6) is -1.94. The van der Waals surface area contributed by atoms with Crippen molar-refractivity contribution in [2.45, 2.75) is 58.4 Å². The van der Waals surface area contributed by atoms with E-state index in [2.05, 4.69) is 5.32 Å². The number of piperidine rings is 1. The Balaban J connectivity index is 2.52. The number of hydrogen-bond donors (Lipinski definition) is 3. The molecule has 0 aliphatic carbocycles. The van der Waals surface area contributed by atoms with E-state index in [4.69, 9.17) is 10.8 Å². The number of rotatable bonds is 11. The van der Waals surface area contributed by atoms with Crippen LogP contribution >= 0.6 is 0 Å². The lowest BCUT2D eigenvalue weighted by molar-refractivity contribution is -0.150. The SMILES string of the molecule is CCN(CC(=O)N(CC)C(=O)C(N)CC(=O)O)C(=O)CCCC1CCNCC1. The van der Waals surface area contributed by atoms with Gasteiger partial charge in [0.25, 0.3) is 0 Å². The van der Waals surface area contributed by atoms with Crippen LogP contribution in [0.4, 0.5) is 0 Å². The third kappa shape index (κ3) is 7.93. The average Bonchev–Trinajstić information content (AvgIpc) is 2.66. The van der Waals surface area contributed by atoms with Gasteiger partial charge >= 0.3 is 5.97 Å². The topological polar surface area (TPSA) is 133 Å². The van der Waals surface area contributed by atoms with Crippen LogP contribution in [0, 0.1) is 5.92 Å². The number of carboxylic acid groups (broad SMARTS) is 1. The molecular weight excluding hydrogens is 364 g/mol. The summed E-state index contributed by atoms with van der Waals surface area (Å²) in [6, 6.07) is -1.28. The standard InChI is InChI=1S/C19H34N4O5/c1-3-22(16(24)7-5-6-14-8-10-21-11-9-14)13-17(25)23(4-2)19(28)15(20)12-18(26)27/h14-15,21H,3-13,20H2,1-2H3,(H,26,27). The molecule has 0 bridgehead atoms. The second-order valence-corrected chi connectivity index (χ2v) is 7.17. The van der Waals surface area contributed by atoms with E-state index in [0.717, 1.165) is 43.7 Å². The van der Waals surface area contributed by atoms with Gasteiger partial charge in [0.2, 0.25) is 17.7 Å². The molecule has 1 saturated heterocycles. The molecule has 0 aromatic carbocycles. The van der Waals surface area contributed by atoms with Gasteiger partial charge < -0.3 is 21.1 Å². The lowest BCUT2D eigenvalue weighted by atomic mass is 9.92. The molecule has 28 heavy (non-hydrogen) atoms. The molecule has 4 N–H and O–H groups in total. The highest BCUT2D eigenvalue weighted by Crippen LogP contribution is 2.19. The van der Waals surface area contributed by atoms with Gasteiger partial charge in [-0.25, -0.2) is 0 Å². The van der Waals surface area contributed by atoms with Gasteiger partial charge in [-0.1, -0.05) is 0 Å². The summed E-state index contributed by atoms with van der Waals surface area (Å²) >= 11 is 0. The molecule has 1 rings (SSSR count). The summed E-state index contributed by atoms with van der Waals surface area (Å²) in [4.78, 5) is 50.3. The maximum atomic E-state index is 12.5. The highest BCUT2D eigenvalue weighted by molar-refractivity contribution is 6.00. The van der Waals surface area contributed by atoms with E-state index in [-0.39, 0.29) is 19.0 Å². The van der Waals surface area contributed by atoms with Crippen molar-refractivity contribution in [3.05, 3.63) is 0 Å². The fraction of sp³-hybridized carbons (Fsp3) is 0.789. The molecule has 9 nitrogen and oxygen atoms in total. The quantitative estimate of drug-likeness (QED) is 0.452. The minimum atomic E-state index is -1.28. The van der Waals surface area contributed by atoms with Crippen molar-refractivity contribution in [1.82, 2.24) is 15.1 Å². The van der Waals surface area contributed by atoms with Crippen molar-refractivity contribution in [3.63, 3.8) is 0 Å². The summed E-state index contributed by atoms with van der Waals surface area (Å²) in [5.41, 5.74) is 5.58. The van der Waals surface area contributed by atoms with Gasteiger partial charge in [0.05, 0.1) is 12.5 Å². The highest BCUT2D eigenvalue weighted by atomic mass is 16.4. The van der Waals surface area contributed by atoms with Crippen molar-refractivity contribution in [2.75, 3.05) is 32.7 Å². The summed E-state index contributed by atoms with van der Waals surface area (Å²) in [6.45, 7) is 5.68. The van der Waals surface area contributed by atoms with Gasteiger partial charge in [-0.15, -0.1) is 0 Å². The predicted octanol–water partition coefficient (Wildman–Crippen LogP) is 0.182. The zero-order valence-corrected chi connectivity index (χ0v) is 17.0. The first-order valence-corrected chi connectivity index (χ1v) is 10.1. The van der Waals surface area contributed by atoms with Gasteiger partial charge in [-0.3, -0.25) is 24.1 Å². The molecule has 1 aliphatic rings. The van der Waals surface area contributed by atoms with Crippen LogP contribution in [-0.4, -0.2) is 77.4 Å². The minimum Gasteiger partial charge on any atom is -0.481 e. The number of carboxylic acids is 1. The van der Waals surface area contributed by atoms with Crippen molar-refractivity contribution in [2.24, 2.45) is 11.7 Å². The van der Waals surface area contributed by atoms with Crippen LogP contribution in [0.25, 0.3) is 0 Å². The first-order valence-electron chi connectivity index (χ1n) is 10.1. The molecule has 1 heterocycles. The number of imide groups is 1. The van der Waals surface area contributed by atoms with Crippen LogP contribution in [0.1, 0.15) is 52.4 Å². The van der Waals surface area contributed by atoms with Gasteiger partial charge in [0.1, 0.15) is 6.54 Å². The Morgan fingerprint density at radius 1 is 1.11 bits per heavy atom. The van der Waals surface area contributed by atoms with Gasteiger partial charge in [-0.05, 0) is 58.5 Å². The van der Waals surface area contributed by atoms with E-state index >= 15 is 0 Å². The Kier molecular flexibility index (Phi) is 10.7. The number of aliphatic carboxylic acids is 1. The van der Waals surface area contributed by atoms with E-state index < -0.39 is 30.2 Å². The third-order valence-corrected chi connectivity index (χ3v) is 5.12. The summed E-state index contributed by atoms with van der Waals surface area (Å²) in [7, 11) is 0.